The van der Waals surface area contributed by atoms with Gasteiger partial charge in [0.05, 0.1) is 12.3 Å². The molecule has 0 spiro atoms. The van der Waals surface area contributed by atoms with E-state index in [1.165, 1.54) is 0 Å². The number of carbonyl (C=O) groups is 1. The Hall–Kier alpha value is -2.99. The van der Waals surface area contributed by atoms with Crippen molar-refractivity contribution in [1.29, 1.82) is 0 Å². The maximum absolute atomic E-state index is 12.4. The number of nitrogens with zero attached hydrogens (tertiary/aromatic N) is 3. The standard InChI is InChI=1S/C20H22N4O2/c1-14-7-9-17(10-8-14)24-19(16-6-4-5-15(2)13-16)22-18(23-24)20(25)21-11-12-26-3/h4-10,13H,11-12H2,1-3H3,(H,21,25). The number of carbonyl (C=O) groups excluding carboxylic acids is 1. The maximum atomic E-state index is 12.4. The lowest BCUT2D eigenvalue weighted by atomic mass is 10.1. The number of nitrogens with one attached hydrogen (secondary N) is 1. The van der Waals surface area contributed by atoms with Gasteiger partial charge in [0.1, 0.15) is 0 Å². The number of aryl methyl sites for hydroxylation is 2. The summed E-state index contributed by atoms with van der Waals surface area (Å²) in [6.45, 7) is 4.90. The summed E-state index contributed by atoms with van der Waals surface area (Å²) in [5.41, 5.74) is 4.04. The molecule has 6 heteroatoms. The van der Waals surface area contributed by atoms with Crippen LogP contribution >= 0.6 is 0 Å². The number of amides is 1. The molecule has 1 aromatic heterocycles. The summed E-state index contributed by atoms with van der Waals surface area (Å²) in [5, 5.41) is 7.21. The Bertz CT molecular complexity index is 900. The highest BCUT2D eigenvalue weighted by molar-refractivity contribution is 5.91. The molecule has 1 heterocycles. The molecule has 0 saturated carbocycles. The van der Waals surface area contributed by atoms with Gasteiger partial charge in [0.2, 0.25) is 5.82 Å². The zero-order valence-electron chi connectivity index (χ0n) is 15.2. The molecular weight excluding hydrogens is 328 g/mol. The molecule has 1 N–H and O–H groups in total. The van der Waals surface area contributed by atoms with Crippen LogP contribution in [0, 0.1) is 13.8 Å². The van der Waals surface area contributed by atoms with Crippen molar-refractivity contribution in [3.63, 3.8) is 0 Å². The van der Waals surface area contributed by atoms with E-state index < -0.39 is 0 Å². The van der Waals surface area contributed by atoms with Crippen LogP contribution in [0.1, 0.15) is 21.7 Å². The highest BCUT2D eigenvalue weighted by Gasteiger charge is 2.18. The molecule has 0 aliphatic heterocycles. The number of methoxy groups -OCH3 is 1. The summed E-state index contributed by atoms with van der Waals surface area (Å²) >= 11 is 0. The predicted molar refractivity (Wildman–Crippen MR) is 100 cm³/mol. The van der Waals surface area contributed by atoms with Gasteiger partial charge in [-0.15, -0.1) is 5.10 Å². The fourth-order valence-electron chi connectivity index (χ4n) is 2.59. The van der Waals surface area contributed by atoms with Crippen LogP contribution < -0.4 is 5.32 Å². The molecule has 3 rings (SSSR count). The largest absolute Gasteiger partial charge is 0.383 e. The molecule has 6 nitrogen and oxygen atoms in total. The third-order valence-corrected chi connectivity index (χ3v) is 3.96. The van der Waals surface area contributed by atoms with Crippen LogP contribution in [0.5, 0.6) is 0 Å². The van der Waals surface area contributed by atoms with E-state index in [-0.39, 0.29) is 11.7 Å². The van der Waals surface area contributed by atoms with Crippen LogP contribution in [-0.4, -0.2) is 40.9 Å². The van der Waals surface area contributed by atoms with Crippen molar-refractivity contribution in [2.75, 3.05) is 20.3 Å². The first kappa shape index (κ1) is 17.8. The minimum absolute atomic E-state index is 0.137. The monoisotopic (exact) mass is 350 g/mol. The lowest BCUT2D eigenvalue weighted by Crippen LogP contribution is -2.28. The molecule has 3 aromatic rings. The van der Waals surface area contributed by atoms with E-state index in [1.807, 2.05) is 62.4 Å². The van der Waals surface area contributed by atoms with E-state index in [2.05, 4.69) is 15.4 Å². The Morgan fingerprint density at radius 1 is 1.12 bits per heavy atom. The molecular formula is C20H22N4O2. The average molecular weight is 350 g/mol. The second-order valence-corrected chi connectivity index (χ2v) is 6.12. The van der Waals surface area contributed by atoms with Crippen LogP contribution in [0.15, 0.2) is 48.5 Å². The first-order valence-electron chi connectivity index (χ1n) is 8.47. The third-order valence-electron chi connectivity index (χ3n) is 3.96. The Kier molecular flexibility index (Phi) is 5.43. The predicted octanol–water partition coefficient (Wildman–Crippen LogP) is 2.93. The van der Waals surface area contributed by atoms with Crippen molar-refractivity contribution < 1.29 is 9.53 Å². The number of benzene rings is 2. The minimum atomic E-state index is -0.318. The summed E-state index contributed by atoms with van der Waals surface area (Å²) < 4.78 is 6.67. The fourth-order valence-corrected chi connectivity index (χ4v) is 2.59. The SMILES string of the molecule is COCCNC(=O)c1nc(-c2cccc(C)c2)n(-c2ccc(C)cc2)n1. The van der Waals surface area contributed by atoms with Crippen molar-refractivity contribution in [2.24, 2.45) is 0 Å². The van der Waals surface area contributed by atoms with Crippen molar-refractivity contribution in [1.82, 2.24) is 20.1 Å². The van der Waals surface area contributed by atoms with E-state index in [0.717, 1.165) is 22.4 Å². The van der Waals surface area contributed by atoms with Crippen LogP contribution in [0.4, 0.5) is 0 Å². The van der Waals surface area contributed by atoms with Crippen molar-refractivity contribution in [2.45, 2.75) is 13.8 Å². The smallest absolute Gasteiger partial charge is 0.291 e. The molecule has 0 saturated heterocycles. The first-order chi connectivity index (χ1) is 12.6. The van der Waals surface area contributed by atoms with E-state index >= 15 is 0 Å². The molecule has 0 aliphatic rings. The zero-order chi connectivity index (χ0) is 18.5. The number of rotatable bonds is 6. The van der Waals surface area contributed by atoms with Gasteiger partial charge in [-0.1, -0.05) is 41.5 Å². The van der Waals surface area contributed by atoms with Gasteiger partial charge in [-0.05, 0) is 32.0 Å². The van der Waals surface area contributed by atoms with Crippen LogP contribution in [-0.2, 0) is 4.74 Å². The second-order valence-electron chi connectivity index (χ2n) is 6.12. The molecule has 0 aliphatic carbocycles. The maximum Gasteiger partial charge on any atom is 0.291 e. The second kappa shape index (κ2) is 7.93. The summed E-state index contributed by atoms with van der Waals surface area (Å²) in [7, 11) is 1.59. The number of hydrogen-bond donors (Lipinski definition) is 1. The third kappa shape index (κ3) is 3.97. The van der Waals surface area contributed by atoms with Gasteiger partial charge in [0.15, 0.2) is 5.82 Å². The minimum Gasteiger partial charge on any atom is -0.383 e. The van der Waals surface area contributed by atoms with Gasteiger partial charge in [-0.25, -0.2) is 9.67 Å². The summed E-state index contributed by atoms with van der Waals surface area (Å²) in [5.74, 6) is 0.453. The van der Waals surface area contributed by atoms with Gasteiger partial charge in [-0.3, -0.25) is 4.79 Å². The number of ether oxygens (including phenoxy) is 1. The molecule has 26 heavy (non-hydrogen) atoms. The van der Waals surface area contributed by atoms with Crippen LogP contribution in [0.25, 0.3) is 17.1 Å². The van der Waals surface area contributed by atoms with Gasteiger partial charge in [-0.2, -0.15) is 0 Å². The Balaban J connectivity index is 2.03. The summed E-state index contributed by atoms with van der Waals surface area (Å²) in [6.07, 6.45) is 0. The molecule has 1 amide bonds. The normalized spacial score (nSPS) is 10.7. The molecule has 0 radical (unpaired) electrons. The van der Waals surface area contributed by atoms with Crippen LogP contribution in [0.3, 0.4) is 0 Å². The van der Waals surface area contributed by atoms with Gasteiger partial charge in [0.25, 0.3) is 5.91 Å². The van der Waals surface area contributed by atoms with Crippen molar-refractivity contribution >= 4 is 5.91 Å². The average Bonchev–Trinajstić information content (AvgIpc) is 3.08. The Morgan fingerprint density at radius 3 is 2.58 bits per heavy atom. The van der Waals surface area contributed by atoms with E-state index in [4.69, 9.17) is 4.74 Å². The van der Waals surface area contributed by atoms with Crippen molar-refractivity contribution in [3.05, 3.63) is 65.5 Å². The molecule has 0 fully saturated rings. The number of hydrogen-bond acceptors (Lipinski definition) is 4. The molecule has 2 aromatic carbocycles. The lowest BCUT2D eigenvalue weighted by Gasteiger charge is -2.07. The molecule has 134 valence electrons. The van der Waals surface area contributed by atoms with Gasteiger partial charge in [0, 0.05) is 19.2 Å². The Labute approximate surface area is 152 Å². The Morgan fingerprint density at radius 2 is 1.88 bits per heavy atom. The molecule has 0 unspecified atom stereocenters. The summed E-state index contributed by atoms with van der Waals surface area (Å²) in [4.78, 5) is 16.9. The van der Waals surface area contributed by atoms with Crippen LogP contribution in [0.2, 0.25) is 0 Å². The van der Waals surface area contributed by atoms with Crippen molar-refractivity contribution in [3.8, 4) is 17.1 Å². The quantitative estimate of drug-likeness (QED) is 0.694. The summed E-state index contributed by atoms with van der Waals surface area (Å²) in [6, 6.07) is 15.9. The highest BCUT2D eigenvalue weighted by Crippen LogP contribution is 2.22. The zero-order valence-corrected chi connectivity index (χ0v) is 15.2. The van der Waals surface area contributed by atoms with Gasteiger partial charge >= 0.3 is 0 Å². The molecule has 0 atom stereocenters. The lowest BCUT2D eigenvalue weighted by molar-refractivity contribution is 0.0927. The van der Waals surface area contributed by atoms with E-state index in [1.54, 1.807) is 11.8 Å². The highest BCUT2D eigenvalue weighted by atomic mass is 16.5. The van der Waals surface area contributed by atoms with Gasteiger partial charge < -0.3 is 10.1 Å². The topological polar surface area (TPSA) is 69.0 Å². The van der Waals surface area contributed by atoms with E-state index in [9.17, 15) is 4.79 Å². The first-order valence-corrected chi connectivity index (χ1v) is 8.47. The fraction of sp³-hybridized carbons (Fsp3) is 0.250. The number of aromatic nitrogens is 3. The molecule has 0 bridgehead atoms. The van der Waals surface area contributed by atoms with E-state index in [0.29, 0.717) is 19.0 Å².